The lowest BCUT2D eigenvalue weighted by atomic mass is 10.2. The Labute approximate surface area is 99.2 Å². The topological polar surface area (TPSA) is 72.6 Å². The third-order valence-electron chi connectivity index (χ3n) is 2.61. The summed E-state index contributed by atoms with van der Waals surface area (Å²) in [5.74, 6) is 0.262. The van der Waals surface area contributed by atoms with E-state index in [1.807, 2.05) is 24.3 Å². The highest BCUT2D eigenvalue weighted by atomic mass is 16.5. The largest absolute Gasteiger partial charge is 0.482 e. The van der Waals surface area contributed by atoms with E-state index < -0.39 is 0 Å². The van der Waals surface area contributed by atoms with Gasteiger partial charge in [-0.3, -0.25) is 9.59 Å². The Balaban J connectivity index is 2.10. The predicted octanol–water partition coefficient (Wildman–Crippen LogP) is 0.677. The lowest BCUT2D eigenvalue weighted by molar-refractivity contribution is -0.122. The SMILES string of the molecule is NC(=O)CCCN1C(=O)COc2ccccc21. The predicted molar refractivity (Wildman–Crippen MR) is 62.7 cm³/mol. The Morgan fingerprint density at radius 1 is 1.41 bits per heavy atom. The highest BCUT2D eigenvalue weighted by molar-refractivity contribution is 5.97. The second-order valence-corrected chi connectivity index (χ2v) is 3.87. The molecule has 2 amide bonds. The second-order valence-electron chi connectivity index (χ2n) is 3.87. The van der Waals surface area contributed by atoms with Crippen molar-refractivity contribution in [2.75, 3.05) is 18.1 Å². The van der Waals surface area contributed by atoms with Crippen LogP contribution >= 0.6 is 0 Å². The molecule has 1 aliphatic heterocycles. The van der Waals surface area contributed by atoms with Gasteiger partial charge in [-0.1, -0.05) is 12.1 Å². The first-order valence-electron chi connectivity index (χ1n) is 5.49. The fraction of sp³-hybridized carbons (Fsp3) is 0.333. The number of para-hydroxylation sites is 2. The van der Waals surface area contributed by atoms with Crippen molar-refractivity contribution in [2.24, 2.45) is 5.73 Å². The lowest BCUT2D eigenvalue weighted by Crippen LogP contribution is -2.39. The van der Waals surface area contributed by atoms with Crippen molar-refractivity contribution in [2.45, 2.75) is 12.8 Å². The van der Waals surface area contributed by atoms with Crippen LogP contribution in [0.3, 0.4) is 0 Å². The summed E-state index contributed by atoms with van der Waals surface area (Å²) in [7, 11) is 0. The molecule has 1 aliphatic rings. The van der Waals surface area contributed by atoms with Crippen LogP contribution < -0.4 is 15.4 Å². The van der Waals surface area contributed by atoms with Crippen molar-refractivity contribution in [1.82, 2.24) is 0 Å². The number of carbonyl (C=O) groups excluding carboxylic acids is 2. The molecule has 2 rings (SSSR count). The van der Waals surface area contributed by atoms with E-state index in [0.717, 1.165) is 5.69 Å². The molecule has 1 aromatic rings. The molecule has 0 unspecified atom stereocenters. The third-order valence-corrected chi connectivity index (χ3v) is 2.61. The van der Waals surface area contributed by atoms with Crippen LogP contribution in [0.25, 0.3) is 0 Å². The Morgan fingerprint density at radius 3 is 2.94 bits per heavy atom. The third kappa shape index (κ3) is 2.55. The number of carbonyl (C=O) groups is 2. The Kier molecular flexibility index (Phi) is 3.27. The summed E-state index contributed by atoms with van der Waals surface area (Å²) in [6.45, 7) is 0.537. The summed E-state index contributed by atoms with van der Waals surface area (Å²) in [4.78, 5) is 24.0. The van der Waals surface area contributed by atoms with Gasteiger partial charge in [-0.15, -0.1) is 0 Å². The second kappa shape index (κ2) is 4.86. The lowest BCUT2D eigenvalue weighted by Gasteiger charge is -2.29. The summed E-state index contributed by atoms with van der Waals surface area (Å²) >= 11 is 0. The molecule has 90 valence electrons. The molecule has 0 fully saturated rings. The molecule has 0 saturated carbocycles. The van der Waals surface area contributed by atoms with Crippen molar-refractivity contribution in [1.29, 1.82) is 0 Å². The van der Waals surface area contributed by atoms with Crippen molar-refractivity contribution in [3.05, 3.63) is 24.3 Å². The molecule has 0 radical (unpaired) electrons. The van der Waals surface area contributed by atoms with E-state index in [1.165, 1.54) is 0 Å². The number of hydrogen-bond donors (Lipinski definition) is 1. The van der Waals surface area contributed by atoms with E-state index in [2.05, 4.69) is 0 Å². The normalized spacial score (nSPS) is 14.1. The number of nitrogens with two attached hydrogens (primary N) is 1. The van der Waals surface area contributed by atoms with Gasteiger partial charge >= 0.3 is 0 Å². The summed E-state index contributed by atoms with van der Waals surface area (Å²) < 4.78 is 5.31. The minimum Gasteiger partial charge on any atom is -0.482 e. The molecule has 0 bridgehead atoms. The van der Waals surface area contributed by atoms with E-state index in [0.29, 0.717) is 18.7 Å². The number of nitrogens with zero attached hydrogens (tertiary/aromatic N) is 1. The minimum atomic E-state index is -0.348. The zero-order valence-corrected chi connectivity index (χ0v) is 9.39. The van der Waals surface area contributed by atoms with Crippen LogP contribution in [-0.2, 0) is 9.59 Å². The van der Waals surface area contributed by atoms with E-state index in [9.17, 15) is 9.59 Å². The maximum absolute atomic E-state index is 11.7. The van der Waals surface area contributed by atoms with Gasteiger partial charge in [0.2, 0.25) is 5.91 Å². The van der Waals surface area contributed by atoms with E-state index >= 15 is 0 Å². The Bertz CT molecular complexity index is 445. The Hall–Kier alpha value is -2.04. The average Bonchev–Trinajstić information content (AvgIpc) is 2.32. The number of rotatable bonds is 4. The van der Waals surface area contributed by atoms with Crippen molar-refractivity contribution in [3.8, 4) is 5.75 Å². The van der Waals surface area contributed by atoms with Gasteiger partial charge in [0.1, 0.15) is 5.75 Å². The number of primary amides is 1. The zero-order valence-electron chi connectivity index (χ0n) is 9.39. The van der Waals surface area contributed by atoms with Gasteiger partial charge in [0.05, 0.1) is 5.69 Å². The van der Waals surface area contributed by atoms with Crippen LogP contribution in [0.2, 0.25) is 0 Å². The molecule has 0 aliphatic carbocycles. The molecule has 5 heteroatoms. The van der Waals surface area contributed by atoms with Crippen LogP contribution in [0, 0.1) is 0 Å². The highest BCUT2D eigenvalue weighted by Gasteiger charge is 2.24. The van der Waals surface area contributed by atoms with Gasteiger partial charge < -0.3 is 15.4 Å². The van der Waals surface area contributed by atoms with Crippen molar-refractivity contribution >= 4 is 17.5 Å². The van der Waals surface area contributed by atoms with Gasteiger partial charge in [0.15, 0.2) is 6.61 Å². The number of amides is 2. The number of ether oxygens (including phenoxy) is 1. The van der Waals surface area contributed by atoms with Crippen LogP contribution in [0.15, 0.2) is 24.3 Å². The zero-order chi connectivity index (χ0) is 12.3. The molecule has 0 atom stereocenters. The molecule has 0 aromatic heterocycles. The number of hydrogen-bond acceptors (Lipinski definition) is 3. The summed E-state index contributed by atoms with van der Waals surface area (Å²) in [6.07, 6.45) is 0.849. The molecular formula is C12H14N2O3. The maximum Gasteiger partial charge on any atom is 0.265 e. The molecule has 2 N–H and O–H groups in total. The van der Waals surface area contributed by atoms with E-state index in [4.69, 9.17) is 10.5 Å². The first-order chi connectivity index (χ1) is 8.18. The molecule has 1 aromatic carbocycles. The fourth-order valence-corrected chi connectivity index (χ4v) is 1.81. The molecule has 5 nitrogen and oxygen atoms in total. The monoisotopic (exact) mass is 234 g/mol. The van der Waals surface area contributed by atoms with Crippen LogP contribution in [-0.4, -0.2) is 25.0 Å². The van der Waals surface area contributed by atoms with Crippen LogP contribution in [0.1, 0.15) is 12.8 Å². The summed E-state index contributed by atoms with van der Waals surface area (Å²) in [6, 6.07) is 7.36. The maximum atomic E-state index is 11.7. The standard InChI is InChI=1S/C12H14N2O3/c13-11(15)6-3-7-14-9-4-1-2-5-10(9)17-8-12(14)16/h1-2,4-5H,3,6-8H2,(H2,13,15). The van der Waals surface area contributed by atoms with Crippen LogP contribution in [0.5, 0.6) is 5.75 Å². The van der Waals surface area contributed by atoms with Gasteiger partial charge in [-0.25, -0.2) is 0 Å². The quantitative estimate of drug-likeness (QED) is 0.832. The van der Waals surface area contributed by atoms with Gasteiger partial charge in [0, 0.05) is 13.0 Å². The van der Waals surface area contributed by atoms with Gasteiger partial charge in [0.25, 0.3) is 5.91 Å². The molecule has 1 heterocycles. The van der Waals surface area contributed by atoms with E-state index in [1.54, 1.807) is 4.90 Å². The summed E-state index contributed by atoms with van der Waals surface area (Å²) in [5, 5.41) is 0. The molecule has 0 saturated heterocycles. The fourth-order valence-electron chi connectivity index (χ4n) is 1.81. The van der Waals surface area contributed by atoms with Gasteiger partial charge in [-0.2, -0.15) is 0 Å². The van der Waals surface area contributed by atoms with E-state index in [-0.39, 0.29) is 24.8 Å². The first-order valence-corrected chi connectivity index (χ1v) is 5.49. The smallest absolute Gasteiger partial charge is 0.265 e. The molecule has 0 spiro atoms. The summed E-state index contributed by atoms with van der Waals surface area (Å²) in [5.41, 5.74) is 5.83. The van der Waals surface area contributed by atoms with Crippen LogP contribution in [0.4, 0.5) is 5.69 Å². The minimum absolute atomic E-state index is 0.0492. The Morgan fingerprint density at radius 2 is 2.18 bits per heavy atom. The van der Waals surface area contributed by atoms with Gasteiger partial charge in [-0.05, 0) is 18.6 Å². The van der Waals surface area contributed by atoms with Crippen molar-refractivity contribution in [3.63, 3.8) is 0 Å². The first kappa shape index (κ1) is 11.4. The average molecular weight is 234 g/mol. The number of anilines is 1. The highest BCUT2D eigenvalue weighted by Crippen LogP contribution is 2.31. The number of benzene rings is 1. The number of fused-ring (bicyclic) bond motifs is 1. The molecule has 17 heavy (non-hydrogen) atoms. The van der Waals surface area contributed by atoms with Crippen molar-refractivity contribution < 1.29 is 14.3 Å². The molecular weight excluding hydrogens is 220 g/mol.